The molecule has 0 radical (unpaired) electrons. The molecule has 2 atom stereocenters. The van der Waals surface area contributed by atoms with Crippen LogP contribution in [0.4, 0.5) is 0 Å². The van der Waals surface area contributed by atoms with Gasteiger partial charge < -0.3 is 0 Å². The van der Waals surface area contributed by atoms with E-state index in [2.05, 4.69) is 0 Å². The molecule has 2 fully saturated rings. The third-order valence-electron chi connectivity index (χ3n) is 4.53. The normalized spacial score (nSPS) is 30.7. The summed E-state index contributed by atoms with van der Waals surface area (Å²) in [5.74, 6) is 0.408. The van der Waals surface area contributed by atoms with E-state index in [0.29, 0.717) is 19.0 Å². The molecule has 0 bridgehead atoms. The lowest BCUT2D eigenvalue weighted by atomic mass is 9.86. The predicted octanol–water partition coefficient (Wildman–Crippen LogP) is 2.78. The number of benzene rings is 1. The van der Waals surface area contributed by atoms with Gasteiger partial charge in [0.1, 0.15) is 0 Å². The third kappa shape index (κ3) is 2.56. The van der Waals surface area contributed by atoms with Crippen molar-refractivity contribution < 1.29 is 8.42 Å². The molecule has 0 aromatic heterocycles. The maximum atomic E-state index is 12.7. The predicted molar refractivity (Wildman–Crippen MR) is 76.1 cm³/mol. The Morgan fingerprint density at radius 2 is 1.79 bits per heavy atom. The number of hydrogen-bond acceptors (Lipinski definition) is 2. The smallest absolute Gasteiger partial charge is 0.212 e. The summed E-state index contributed by atoms with van der Waals surface area (Å²) in [5, 5.41) is -0.112. The average molecular weight is 279 g/mol. The van der Waals surface area contributed by atoms with Crippen molar-refractivity contribution in [1.29, 1.82) is 0 Å². The lowest BCUT2D eigenvalue weighted by molar-refractivity contribution is 0.256. The minimum Gasteiger partial charge on any atom is -0.212 e. The van der Waals surface area contributed by atoms with E-state index >= 15 is 0 Å². The monoisotopic (exact) mass is 279 g/mol. The molecule has 1 aliphatic carbocycles. The fourth-order valence-corrected chi connectivity index (χ4v) is 5.78. The first-order chi connectivity index (χ1) is 9.18. The van der Waals surface area contributed by atoms with Crippen LogP contribution in [0.2, 0.25) is 0 Å². The van der Waals surface area contributed by atoms with E-state index in [1.807, 2.05) is 30.3 Å². The zero-order valence-corrected chi connectivity index (χ0v) is 12.0. The minimum atomic E-state index is -3.09. The largest absolute Gasteiger partial charge is 0.217 e. The van der Waals surface area contributed by atoms with Crippen molar-refractivity contribution >= 4 is 10.0 Å². The van der Waals surface area contributed by atoms with Gasteiger partial charge in [-0.3, -0.25) is 0 Å². The Morgan fingerprint density at radius 3 is 2.58 bits per heavy atom. The molecule has 1 saturated heterocycles. The molecule has 19 heavy (non-hydrogen) atoms. The van der Waals surface area contributed by atoms with Crippen molar-refractivity contribution in [1.82, 2.24) is 4.31 Å². The maximum Gasteiger partial charge on any atom is 0.217 e. The van der Waals surface area contributed by atoms with Crippen molar-refractivity contribution in [3.8, 4) is 0 Å². The highest BCUT2D eigenvalue weighted by Gasteiger charge is 2.42. The first kappa shape index (κ1) is 13.1. The fraction of sp³-hybridized carbons (Fsp3) is 0.600. The Morgan fingerprint density at radius 1 is 1.05 bits per heavy atom. The molecule has 104 valence electrons. The molecule has 4 heteroatoms. The van der Waals surface area contributed by atoms with Gasteiger partial charge in [-0.25, -0.2) is 8.42 Å². The second-order valence-corrected chi connectivity index (χ2v) is 7.89. The van der Waals surface area contributed by atoms with Crippen molar-refractivity contribution in [2.45, 2.75) is 43.9 Å². The molecule has 1 aliphatic heterocycles. The standard InChI is InChI=1S/C15H21NO2S/c17-19(18)15-9-5-4-8-14(15)10-11-16(19)12-13-6-2-1-3-7-13/h1-3,6-7,14-15H,4-5,8-12H2. The van der Waals surface area contributed by atoms with E-state index in [1.165, 1.54) is 6.42 Å². The molecule has 2 aliphatic rings. The zero-order valence-electron chi connectivity index (χ0n) is 11.2. The number of fused-ring (bicyclic) bond motifs is 1. The summed E-state index contributed by atoms with van der Waals surface area (Å²) < 4.78 is 27.1. The lowest BCUT2D eigenvalue weighted by Gasteiger charge is -2.40. The highest BCUT2D eigenvalue weighted by molar-refractivity contribution is 7.89. The van der Waals surface area contributed by atoms with Crippen molar-refractivity contribution in [3.63, 3.8) is 0 Å². The van der Waals surface area contributed by atoms with E-state index in [0.717, 1.165) is 31.2 Å². The van der Waals surface area contributed by atoms with Crippen molar-refractivity contribution in [2.75, 3.05) is 6.54 Å². The van der Waals surface area contributed by atoms with Gasteiger partial charge in [0.15, 0.2) is 0 Å². The van der Waals surface area contributed by atoms with Gasteiger partial charge in [0.05, 0.1) is 5.25 Å². The van der Waals surface area contributed by atoms with E-state index < -0.39 is 10.0 Å². The summed E-state index contributed by atoms with van der Waals surface area (Å²) >= 11 is 0. The van der Waals surface area contributed by atoms with Gasteiger partial charge in [-0.2, -0.15) is 4.31 Å². The van der Waals surface area contributed by atoms with Gasteiger partial charge in [-0.1, -0.05) is 43.2 Å². The number of sulfonamides is 1. The minimum absolute atomic E-state index is 0.112. The summed E-state index contributed by atoms with van der Waals surface area (Å²) in [7, 11) is -3.09. The second kappa shape index (κ2) is 5.25. The van der Waals surface area contributed by atoms with Crippen LogP contribution in [0, 0.1) is 5.92 Å². The van der Waals surface area contributed by atoms with Gasteiger partial charge >= 0.3 is 0 Å². The van der Waals surface area contributed by atoms with E-state index in [1.54, 1.807) is 4.31 Å². The lowest BCUT2D eigenvalue weighted by Crippen LogP contribution is -2.49. The summed E-state index contributed by atoms with van der Waals surface area (Å²) in [5.41, 5.74) is 1.08. The molecular weight excluding hydrogens is 258 g/mol. The van der Waals surface area contributed by atoms with E-state index in [4.69, 9.17) is 0 Å². The maximum absolute atomic E-state index is 12.7. The van der Waals surface area contributed by atoms with Gasteiger partial charge in [0, 0.05) is 13.1 Å². The Labute approximate surface area is 115 Å². The quantitative estimate of drug-likeness (QED) is 0.835. The van der Waals surface area contributed by atoms with Gasteiger partial charge in [0.25, 0.3) is 0 Å². The second-order valence-electron chi connectivity index (χ2n) is 5.74. The molecule has 1 aromatic carbocycles. The van der Waals surface area contributed by atoms with Crippen LogP contribution in [0.5, 0.6) is 0 Å². The van der Waals surface area contributed by atoms with Gasteiger partial charge in [0.2, 0.25) is 10.0 Å². The highest BCUT2D eigenvalue weighted by atomic mass is 32.2. The topological polar surface area (TPSA) is 37.4 Å². The van der Waals surface area contributed by atoms with Gasteiger partial charge in [-0.05, 0) is 30.7 Å². The molecule has 0 N–H and O–H groups in total. The van der Waals surface area contributed by atoms with Crippen LogP contribution in [0.25, 0.3) is 0 Å². The number of hydrogen-bond donors (Lipinski definition) is 0. The van der Waals surface area contributed by atoms with Crippen LogP contribution in [0.1, 0.15) is 37.7 Å². The van der Waals surface area contributed by atoms with Crippen molar-refractivity contribution in [2.24, 2.45) is 5.92 Å². The SMILES string of the molecule is O=S1(=O)C2CCCCC2CCN1Cc1ccccc1. The first-order valence-electron chi connectivity index (χ1n) is 7.21. The molecule has 1 heterocycles. The molecule has 1 aromatic rings. The van der Waals surface area contributed by atoms with Crippen LogP contribution in [0.15, 0.2) is 30.3 Å². The molecular formula is C15H21NO2S. The van der Waals surface area contributed by atoms with Crippen molar-refractivity contribution in [3.05, 3.63) is 35.9 Å². The van der Waals surface area contributed by atoms with Crippen LogP contribution in [-0.4, -0.2) is 24.5 Å². The van der Waals surface area contributed by atoms with Crippen LogP contribution in [-0.2, 0) is 16.6 Å². The number of nitrogens with zero attached hydrogens (tertiary/aromatic N) is 1. The molecule has 0 amide bonds. The Balaban J connectivity index is 1.80. The average Bonchev–Trinajstić information content (AvgIpc) is 2.44. The Hall–Kier alpha value is -0.870. The number of rotatable bonds is 2. The third-order valence-corrected chi connectivity index (χ3v) is 6.95. The van der Waals surface area contributed by atoms with Crippen LogP contribution in [0.3, 0.4) is 0 Å². The summed E-state index contributed by atoms with van der Waals surface area (Å²) in [4.78, 5) is 0. The zero-order chi connectivity index (χ0) is 13.3. The fourth-order valence-electron chi connectivity index (χ4n) is 3.48. The molecule has 3 rings (SSSR count). The summed E-state index contributed by atoms with van der Waals surface area (Å²) in [6.45, 7) is 1.23. The summed E-state index contributed by atoms with van der Waals surface area (Å²) in [6, 6.07) is 9.90. The van der Waals surface area contributed by atoms with E-state index in [9.17, 15) is 8.42 Å². The summed E-state index contributed by atoms with van der Waals surface area (Å²) in [6.07, 6.45) is 5.27. The first-order valence-corrected chi connectivity index (χ1v) is 8.71. The Bertz CT molecular complexity index is 526. The highest BCUT2D eigenvalue weighted by Crippen LogP contribution is 2.37. The molecule has 3 nitrogen and oxygen atoms in total. The van der Waals surface area contributed by atoms with Crippen LogP contribution >= 0.6 is 0 Å². The molecule has 2 unspecified atom stereocenters. The van der Waals surface area contributed by atoms with Gasteiger partial charge in [-0.15, -0.1) is 0 Å². The van der Waals surface area contributed by atoms with E-state index in [-0.39, 0.29) is 5.25 Å². The molecule has 0 spiro atoms. The van der Waals surface area contributed by atoms with Crippen LogP contribution < -0.4 is 0 Å². The molecule has 1 saturated carbocycles. The Kier molecular flexibility index (Phi) is 3.63.